The summed E-state index contributed by atoms with van der Waals surface area (Å²) in [5.41, 5.74) is 0. The second-order valence-corrected chi connectivity index (χ2v) is 33.7. The molecule has 1 aliphatic heterocycles. The van der Waals surface area contributed by atoms with Gasteiger partial charge in [-0.3, -0.25) is 48.2 Å². The van der Waals surface area contributed by atoms with Crippen molar-refractivity contribution < 1.29 is 66.8 Å². The van der Waals surface area contributed by atoms with Crippen molar-refractivity contribution in [2.45, 2.75) is 489 Å². The number of rotatable bonds is 90. The van der Waals surface area contributed by atoms with Crippen LogP contribution < -0.4 is 10.6 Å². The molecule has 1 aliphatic rings. The van der Waals surface area contributed by atoms with E-state index >= 15 is 0 Å². The Hall–Kier alpha value is -4.32. The number of carbonyl (C=O) groups is 8. The van der Waals surface area contributed by atoms with Crippen LogP contribution in [0.15, 0.2) is 0 Å². The highest BCUT2D eigenvalue weighted by atomic mass is 16.6. The third-order valence-corrected chi connectivity index (χ3v) is 22.9. The smallest absolute Gasteiger partial charge is 0.308 e. The fourth-order valence-corrected chi connectivity index (χ4v) is 15.3. The van der Waals surface area contributed by atoms with Crippen molar-refractivity contribution in [3.05, 3.63) is 0 Å². The van der Waals surface area contributed by atoms with Crippen LogP contribution in [0.4, 0.5) is 0 Å². The van der Waals surface area contributed by atoms with Crippen molar-refractivity contribution in [2.75, 3.05) is 78.9 Å². The van der Waals surface area contributed by atoms with E-state index in [-0.39, 0.29) is 102 Å². The largest absolute Gasteiger partial charge is 0.466 e. The van der Waals surface area contributed by atoms with Crippen LogP contribution in [0.2, 0.25) is 0 Å². The van der Waals surface area contributed by atoms with Crippen LogP contribution in [0.5, 0.6) is 0 Å². The summed E-state index contributed by atoms with van der Waals surface area (Å²) in [5, 5.41) is 5.13. The zero-order valence-electron chi connectivity index (χ0n) is 74.7. The topological polar surface area (TPSA) is 222 Å². The van der Waals surface area contributed by atoms with Gasteiger partial charge in [0.15, 0.2) is 0 Å². The number of nitrogens with one attached hydrogen (secondary N) is 2. The van der Waals surface area contributed by atoms with E-state index in [4.69, 9.17) is 28.4 Å². The highest BCUT2D eigenvalue weighted by molar-refractivity contribution is 6.00. The molecule has 114 heavy (non-hydrogen) atoms. The molecule has 1 rings (SSSR count). The number of hydrogen-bond acceptors (Lipinski definition) is 16. The van der Waals surface area contributed by atoms with E-state index in [1.54, 1.807) is 0 Å². The maximum absolute atomic E-state index is 13.3. The third kappa shape index (κ3) is 75.2. The van der Waals surface area contributed by atoms with Gasteiger partial charge in [-0.25, -0.2) is 0 Å². The van der Waals surface area contributed by atoms with Gasteiger partial charge in [0, 0.05) is 39.3 Å². The highest BCUT2D eigenvalue weighted by Crippen LogP contribution is 2.20. The molecule has 0 bridgehead atoms. The molecule has 2 amide bonds. The van der Waals surface area contributed by atoms with Gasteiger partial charge in [-0.2, -0.15) is 0 Å². The van der Waals surface area contributed by atoms with Gasteiger partial charge in [0.25, 0.3) is 0 Å². The van der Waals surface area contributed by atoms with Gasteiger partial charge in [0.05, 0.1) is 65.0 Å². The van der Waals surface area contributed by atoms with Crippen LogP contribution in [0, 0.1) is 0 Å². The first kappa shape index (κ1) is 108. The maximum Gasteiger partial charge on any atom is 0.308 e. The summed E-state index contributed by atoms with van der Waals surface area (Å²) in [7, 11) is 0. The predicted molar refractivity (Wildman–Crippen MR) is 468 cm³/mol. The van der Waals surface area contributed by atoms with E-state index in [0.29, 0.717) is 26.4 Å². The van der Waals surface area contributed by atoms with E-state index in [9.17, 15) is 38.4 Å². The van der Waals surface area contributed by atoms with Crippen LogP contribution >= 0.6 is 0 Å². The summed E-state index contributed by atoms with van der Waals surface area (Å²) in [6.45, 7) is 11.8. The second kappa shape index (κ2) is 85.1. The average Bonchev–Trinajstić information content (AvgIpc) is 0.837. The summed E-state index contributed by atoms with van der Waals surface area (Å²) in [4.78, 5) is 109. The molecule has 0 saturated carbocycles. The molecule has 0 spiro atoms. The molecular formula is C96H180N4O14. The lowest BCUT2D eigenvalue weighted by molar-refractivity contribution is -0.151. The Morgan fingerprint density at radius 1 is 0.211 bits per heavy atom. The Morgan fingerprint density at radius 3 is 0.526 bits per heavy atom. The van der Waals surface area contributed by atoms with E-state index < -0.39 is 48.7 Å². The third-order valence-electron chi connectivity index (χ3n) is 22.9. The maximum atomic E-state index is 13.3. The van der Waals surface area contributed by atoms with Gasteiger partial charge in [0.1, 0.15) is 25.3 Å². The van der Waals surface area contributed by atoms with Crippen molar-refractivity contribution in [2.24, 2.45) is 0 Å². The number of ether oxygens (including phenoxy) is 6. The minimum absolute atomic E-state index is 0.0944. The monoisotopic (exact) mass is 1610 g/mol. The number of nitrogens with zero attached hydrogens (tertiary/aromatic N) is 2. The number of amides is 2. The quantitative estimate of drug-likeness (QED) is 0.0328. The minimum Gasteiger partial charge on any atom is -0.466 e. The van der Waals surface area contributed by atoms with Crippen molar-refractivity contribution >= 4 is 47.6 Å². The second-order valence-electron chi connectivity index (χ2n) is 33.7. The molecule has 18 heteroatoms. The Bertz CT molecular complexity index is 1960. The summed E-state index contributed by atoms with van der Waals surface area (Å²) >= 11 is 0. The lowest BCUT2D eigenvalue weighted by Gasteiger charge is -2.29. The first-order chi connectivity index (χ1) is 55.9. The molecule has 2 N–H and O–H groups in total. The molecular weight excluding hydrogens is 1430 g/mol. The number of carbonyl (C=O) groups excluding carboxylic acids is 8. The molecule has 0 aromatic carbocycles. The van der Waals surface area contributed by atoms with E-state index in [0.717, 1.165) is 77.0 Å². The van der Waals surface area contributed by atoms with Crippen LogP contribution in [0.25, 0.3) is 0 Å². The van der Waals surface area contributed by atoms with Crippen LogP contribution in [0.3, 0.4) is 0 Å². The van der Waals surface area contributed by atoms with Gasteiger partial charge in [0.2, 0.25) is 11.8 Å². The van der Waals surface area contributed by atoms with Crippen molar-refractivity contribution in [1.82, 2.24) is 20.4 Å². The van der Waals surface area contributed by atoms with Crippen LogP contribution in [-0.2, 0) is 66.8 Å². The lowest BCUT2D eigenvalue weighted by Crippen LogP contribution is -2.62. The first-order valence-electron chi connectivity index (χ1n) is 48.9. The average molecular weight is 1610 g/mol. The number of hydrogen-bond donors (Lipinski definition) is 2. The van der Waals surface area contributed by atoms with Gasteiger partial charge < -0.3 is 39.1 Å². The number of esters is 6. The van der Waals surface area contributed by atoms with Gasteiger partial charge in [-0.05, 0) is 25.7 Å². The van der Waals surface area contributed by atoms with Crippen molar-refractivity contribution in [3.63, 3.8) is 0 Å². The molecule has 1 fully saturated rings. The fourth-order valence-electron chi connectivity index (χ4n) is 15.3. The molecule has 668 valence electrons. The Balaban J connectivity index is 2.67. The summed E-state index contributed by atoms with van der Waals surface area (Å²) < 4.78 is 33.6. The Morgan fingerprint density at radius 2 is 0.360 bits per heavy atom. The zero-order valence-corrected chi connectivity index (χ0v) is 74.7. The summed E-state index contributed by atoms with van der Waals surface area (Å²) in [6.07, 6.45) is 80.3. The molecule has 2 unspecified atom stereocenters. The van der Waals surface area contributed by atoms with Gasteiger partial charge >= 0.3 is 35.8 Å². The fraction of sp³-hybridized carbons (Fsp3) is 0.917. The standard InChI is InChI=1S/C96H180N4O14/c1-5-9-13-17-21-25-29-33-37-41-45-49-53-57-61-65-79-109-89(101)69-73-99(74-70-90(102)110-80-66-62-58-54-50-46-42-38-34-30-26-22-18-14-10-6-2)77-83-113-93(105)85-87-95(107)98-88(96(108)97-87)86-94(106)114-84-78-100(75-71-91(103)111-81-67-63-59-55-51-47-43-39-35-31-27-23-19-15-11-7-3)76-72-92(104)112-82-68-64-60-56-52-48-44-40-36-32-28-24-20-16-12-8-4/h87-88H,5-86H2,1-4H3,(H,97,108)(H,98,107). The molecule has 0 aromatic heterocycles. The number of piperazine rings is 1. The zero-order chi connectivity index (χ0) is 82.6. The highest BCUT2D eigenvalue weighted by Gasteiger charge is 2.37. The number of unbranched alkanes of at least 4 members (excludes halogenated alkanes) is 60. The van der Waals surface area contributed by atoms with Crippen LogP contribution in [0.1, 0.15) is 477 Å². The summed E-state index contributed by atoms with van der Waals surface area (Å²) in [6, 6.07) is -2.48. The minimum atomic E-state index is -1.24. The normalized spacial score (nSPS) is 13.5. The molecule has 0 aromatic rings. The van der Waals surface area contributed by atoms with Crippen molar-refractivity contribution in [1.29, 1.82) is 0 Å². The predicted octanol–water partition coefficient (Wildman–Crippen LogP) is 24.2. The molecule has 1 saturated heterocycles. The molecule has 1 heterocycles. The molecule has 0 aliphatic carbocycles. The first-order valence-corrected chi connectivity index (χ1v) is 48.9. The Labute approximate surface area is 699 Å². The molecule has 0 radical (unpaired) electrons. The summed E-state index contributed by atoms with van der Waals surface area (Å²) in [5.74, 6) is -4.10. The van der Waals surface area contributed by atoms with E-state index in [1.165, 1.54) is 334 Å². The van der Waals surface area contributed by atoms with Crippen molar-refractivity contribution in [3.8, 4) is 0 Å². The van der Waals surface area contributed by atoms with E-state index in [1.807, 2.05) is 9.80 Å². The van der Waals surface area contributed by atoms with Gasteiger partial charge in [-0.1, -0.05) is 413 Å². The Kier molecular flexibility index (Phi) is 80.4. The SMILES string of the molecule is CCCCCCCCCCCCCCCCCCOC(=O)CCN(CCOC(=O)CC1NC(=O)C(CC(=O)OCCN(CCC(=O)OCCCCCCCCCCCCCCCCCC)CCC(=O)OCCCCCCCCCCCCCCCCCC)NC1=O)CCC(=O)OCCCCCCCCCCCCCCCCCC. The van der Waals surface area contributed by atoms with Gasteiger partial charge in [-0.15, -0.1) is 0 Å². The lowest BCUT2D eigenvalue weighted by atomic mass is 10.0. The van der Waals surface area contributed by atoms with E-state index in [2.05, 4.69) is 38.3 Å². The molecule has 2 atom stereocenters. The van der Waals surface area contributed by atoms with Crippen LogP contribution in [-0.4, -0.2) is 148 Å². The molecule has 18 nitrogen and oxygen atoms in total.